The number of para-hydroxylation sites is 1. The highest BCUT2D eigenvalue weighted by Crippen LogP contribution is 2.24. The van der Waals surface area contributed by atoms with Crippen molar-refractivity contribution in [3.63, 3.8) is 0 Å². The number of nitrogens with one attached hydrogen (secondary N) is 1. The Morgan fingerprint density at radius 2 is 1.72 bits per heavy atom. The van der Waals surface area contributed by atoms with E-state index in [2.05, 4.69) is 20.1 Å². The molecule has 5 aromatic rings. The van der Waals surface area contributed by atoms with Gasteiger partial charge in [0.25, 0.3) is 15.9 Å². The third-order valence-electron chi connectivity index (χ3n) is 5.72. The lowest BCUT2D eigenvalue weighted by Gasteiger charge is -2.06. The first-order valence-electron chi connectivity index (χ1n) is 11.0. The van der Waals surface area contributed by atoms with Crippen LogP contribution in [0.5, 0.6) is 5.75 Å². The summed E-state index contributed by atoms with van der Waals surface area (Å²) in [6, 6.07) is 21.1. The quantitative estimate of drug-likeness (QED) is 0.338. The second-order valence-electron chi connectivity index (χ2n) is 8.11. The Bertz CT molecular complexity index is 1740. The topological polar surface area (TPSA) is 120 Å². The minimum absolute atomic E-state index is 0.0222. The smallest absolute Gasteiger partial charge is 0.276 e. The SMILES string of the molecule is COc1ccc(-c2noc(-c3cc4ccccc4o/c3=N\NS(=O)(=O)c3ccc(C)c(C)c3)n2)cc1. The molecule has 0 atom stereocenters. The zero-order valence-electron chi connectivity index (χ0n) is 19.7. The molecule has 9 nitrogen and oxygen atoms in total. The maximum Gasteiger partial charge on any atom is 0.276 e. The van der Waals surface area contributed by atoms with Crippen LogP contribution in [0.1, 0.15) is 11.1 Å². The van der Waals surface area contributed by atoms with Crippen molar-refractivity contribution in [1.29, 1.82) is 0 Å². The number of methoxy groups -OCH3 is 1. The van der Waals surface area contributed by atoms with Crippen molar-refractivity contribution in [3.05, 3.63) is 89.5 Å². The molecular weight excluding hydrogens is 480 g/mol. The highest BCUT2D eigenvalue weighted by molar-refractivity contribution is 7.89. The van der Waals surface area contributed by atoms with Crippen molar-refractivity contribution in [2.45, 2.75) is 18.7 Å². The number of aromatic nitrogens is 2. The van der Waals surface area contributed by atoms with Gasteiger partial charge in [-0.15, -0.1) is 5.10 Å². The number of nitrogens with zero attached hydrogens (tertiary/aromatic N) is 3. The van der Waals surface area contributed by atoms with E-state index in [1.807, 2.05) is 32.0 Å². The second-order valence-corrected chi connectivity index (χ2v) is 9.77. The van der Waals surface area contributed by atoms with Crippen molar-refractivity contribution in [2.75, 3.05) is 7.11 Å². The summed E-state index contributed by atoms with van der Waals surface area (Å²) in [7, 11) is -2.36. The number of fused-ring (bicyclic) bond motifs is 1. The summed E-state index contributed by atoms with van der Waals surface area (Å²) in [5, 5.41) is 8.91. The third-order valence-corrected chi connectivity index (χ3v) is 6.92. The predicted octanol–water partition coefficient (Wildman–Crippen LogP) is 4.57. The van der Waals surface area contributed by atoms with Gasteiger partial charge in [0.15, 0.2) is 0 Å². The molecule has 0 saturated carbocycles. The van der Waals surface area contributed by atoms with Crippen LogP contribution in [0.3, 0.4) is 0 Å². The molecule has 0 fully saturated rings. The van der Waals surface area contributed by atoms with Crippen LogP contribution >= 0.6 is 0 Å². The Hall–Kier alpha value is -4.44. The van der Waals surface area contributed by atoms with Crippen LogP contribution in [0.15, 0.2) is 91.7 Å². The number of rotatable bonds is 6. The van der Waals surface area contributed by atoms with Crippen LogP contribution in [-0.2, 0) is 10.0 Å². The number of ether oxygens (including phenoxy) is 1. The van der Waals surface area contributed by atoms with Crippen molar-refractivity contribution >= 4 is 21.0 Å². The monoisotopic (exact) mass is 502 g/mol. The van der Waals surface area contributed by atoms with E-state index < -0.39 is 10.0 Å². The Labute approximate surface area is 207 Å². The van der Waals surface area contributed by atoms with Crippen LogP contribution in [0.2, 0.25) is 0 Å². The minimum Gasteiger partial charge on any atom is -0.497 e. The highest BCUT2D eigenvalue weighted by atomic mass is 32.2. The molecule has 2 heterocycles. The fraction of sp³-hybridized carbons (Fsp3) is 0.115. The molecule has 0 aliphatic carbocycles. The van der Waals surface area contributed by atoms with Gasteiger partial charge in [-0.3, -0.25) is 0 Å². The summed E-state index contributed by atoms with van der Waals surface area (Å²) in [6.07, 6.45) is 0. The van der Waals surface area contributed by atoms with Gasteiger partial charge in [0.05, 0.1) is 12.0 Å². The molecule has 0 unspecified atom stereocenters. The lowest BCUT2D eigenvalue weighted by Crippen LogP contribution is -2.22. The van der Waals surface area contributed by atoms with Gasteiger partial charge < -0.3 is 13.7 Å². The molecule has 36 heavy (non-hydrogen) atoms. The average molecular weight is 503 g/mol. The van der Waals surface area contributed by atoms with Crippen LogP contribution in [-0.4, -0.2) is 25.7 Å². The Kier molecular flexibility index (Phi) is 6.03. The number of benzene rings is 3. The number of sulfonamides is 1. The van der Waals surface area contributed by atoms with Gasteiger partial charge in [-0.2, -0.15) is 18.2 Å². The van der Waals surface area contributed by atoms with Gasteiger partial charge in [-0.1, -0.05) is 29.4 Å². The predicted molar refractivity (Wildman–Crippen MR) is 133 cm³/mol. The standard InChI is InChI=1S/C26H22N4O5S/c1-16-8-13-21(14-17(16)2)36(31,32)30-28-26-22(15-19-6-4-5-7-23(19)34-26)25-27-24(29-35-25)18-9-11-20(33-3)12-10-18/h4-15,30H,1-3H3/b28-26-. The van der Waals surface area contributed by atoms with E-state index in [9.17, 15) is 8.42 Å². The summed E-state index contributed by atoms with van der Waals surface area (Å²) in [5.74, 6) is 1.18. The van der Waals surface area contributed by atoms with Crippen molar-refractivity contribution in [2.24, 2.45) is 5.10 Å². The molecule has 0 aliphatic rings. The number of hydrogen-bond acceptors (Lipinski definition) is 8. The lowest BCUT2D eigenvalue weighted by atomic mass is 10.1. The Morgan fingerprint density at radius 1 is 0.944 bits per heavy atom. The van der Waals surface area contributed by atoms with E-state index in [0.29, 0.717) is 22.7 Å². The van der Waals surface area contributed by atoms with Crippen LogP contribution in [0.25, 0.3) is 33.8 Å². The maximum atomic E-state index is 12.9. The van der Waals surface area contributed by atoms with Gasteiger partial charge >= 0.3 is 0 Å². The molecule has 5 rings (SSSR count). The molecule has 0 saturated heterocycles. The molecule has 2 aromatic heterocycles. The summed E-state index contributed by atoms with van der Waals surface area (Å²) < 4.78 is 42.5. The van der Waals surface area contributed by atoms with Gasteiger partial charge in [0.1, 0.15) is 16.9 Å². The van der Waals surface area contributed by atoms with Crippen molar-refractivity contribution in [1.82, 2.24) is 15.0 Å². The third kappa shape index (κ3) is 4.58. The summed E-state index contributed by atoms with van der Waals surface area (Å²) in [6.45, 7) is 3.76. The second kappa shape index (κ2) is 9.31. The van der Waals surface area contributed by atoms with Crippen LogP contribution in [0.4, 0.5) is 0 Å². The molecule has 0 amide bonds. The first-order valence-corrected chi connectivity index (χ1v) is 12.5. The van der Waals surface area contributed by atoms with Gasteiger partial charge in [-0.25, -0.2) is 0 Å². The van der Waals surface area contributed by atoms with Gasteiger partial charge in [-0.05, 0) is 73.5 Å². The maximum absolute atomic E-state index is 12.9. The minimum atomic E-state index is -3.95. The normalized spacial score (nSPS) is 12.1. The first-order chi connectivity index (χ1) is 17.3. The van der Waals surface area contributed by atoms with E-state index in [-0.39, 0.29) is 16.3 Å². The fourth-order valence-corrected chi connectivity index (χ4v) is 4.42. The molecule has 182 valence electrons. The van der Waals surface area contributed by atoms with E-state index in [1.54, 1.807) is 55.6 Å². The Balaban J connectivity index is 1.58. The summed E-state index contributed by atoms with van der Waals surface area (Å²) >= 11 is 0. The molecular formula is C26H22N4O5S. The molecule has 0 radical (unpaired) electrons. The zero-order valence-corrected chi connectivity index (χ0v) is 20.5. The van der Waals surface area contributed by atoms with Gasteiger partial charge in [0, 0.05) is 10.9 Å². The lowest BCUT2D eigenvalue weighted by molar-refractivity contribution is 0.414. The summed E-state index contributed by atoms with van der Waals surface area (Å²) in [5.41, 5.74) is 3.39. The van der Waals surface area contributed by atoms with Crippen molar-refractivity contribution < 1.29 is 22.1 Å². The van der Waals surface area contributed by atoms with E-state index in [4.69, 9.17) is 13.7 Å². The molecule has 3 aromatic carbocycles. The zero-order chi connectivity index (χ0) is 25.3. The summed E-state index contributed by atoms with van der Waals surface area (Å²) in [4.78, 5) is 6.84. The largest absolute Gasteiger partial charge is 0.497 e. The van der Waals surface area contributed by atoms with Crippen LogP contribution < -0.4 is 15.1 Å². The molecule has 0 bridgehead atoms. The van der Waals surface area contributed by atoms with Crippen LogP contribution in [0, 0.1) is 13.8 Å². The van der Waals surface area contributed by atoms with Crippen molar-refractivity contribution in [3.8, 4) is 28.6 Å². The van der Waals surface area contributed by atoms with Gasteiger partial charge in [0.2, 0.25) is 11.4 Å². The van der Waals surface area contributed by atoms with E-state index >= 15 is 0 Å². The Morgan fingerprint density at radius 3 is 2.47 bits per heavy atom. The molecule has 0 spiro atoms. The number of hydrogen-bond donors (Lipinski definition) is 1. The average Bonchev–Trinajstić information content (AvgIpc) is 3.39. The number of aryl methyl sites for hydroxylation is 2. The highest BCUT2D eigenvalue weighted by Gasteiger charge is 2.18. The van der Waals surface area contributed by atoms with E-state index in [0.717, 1.165) is 22.1 Å². The fourth-order valence-electron chi connectivity index (χ4n) is 3.53. The molecule has 10 heteroatoms. The van der Waals surface area contributed by atoms with E-state index in [1.165, 1.54) is 6.07 Å². The molecule has 1 N–H and O–H groups in total. The molecule has 0 aliphatic heterocycles. The first kappa shape index (κ1) is 23.3.